The smallest absolute Gasteiger partial charge is 0.406 e. The Morgan fingerprint density at radius 2 is 1.82 bits per heavy atom. The fourth-order valence-corrected chi connectivity index (χ4v) is 7.04. The summed E-state index contributed by atoms with van der Waals surface area (Å²) in [6, 6.07) is 12.5. The van der Waals surface area contributed by atoms with E-state index in [1.54, 1.807) is 37.4 Å². The van der Waals surface area contributed by atoms with Crippen LogP contribution in [-0.2, 0) is 6.54 Å². The summed E-state index contributed by atoms with van der Waals surface area (Å²) in [6.45, 7) is 3.74. The molecule has 0 spiro atoms. The second-order valence-electron chi connectivity index (χ2n) is 12.2. The van der Waals surface area contributed by atoms with Crippen LogP contribution in [0.25, 0.3) is 10.9 Å². The molecular formula is C35H44F3N5O2. The van der Waals surface area contributed by atoms with Gasteiger partial charge in [-0.2, -0.15) is 13.2 Å². The third-order valence-electron chi connectivity index (χ3n) is 9.52. The Labute approximate surface area is 263 Å². The molecule has 2 heterocycles. The third-order valence-corrected chi connectivity index (χ3v) is 9.52. The van der Waals surface area contributed by atoms with Crippen LogP contribution in [-0.4, -0.2) is 66.9 Å². The highest BCUT2D eigenvalue weighted by molar-refractivity contribution is 5.95. The number of aromatic nitrogens is 1. The Morgan fingerprint density at radius 3 is 2.49 bits per heavy atom. The van der Waals surface area contributed by atoms with E-state index in [0.29, 0.717) is 28.2 Å². The first-order valence-electron chi connectivity index (χ1n) is 16.0. The normalized spacial score (nSPS) is 20.7. The van der Waals surface area contributed by atoms with E-state index in [9.17, 15) is 18.0 Å². The highest BCUT2D eigenvalue weighted by Gasteiger charge is 2.39. The van der Waals surface area contributed by atoms with Gasteiger partial charge in [-0.05, 0) is 100 Å². The average Bonchev–Trinajstić information content (AvgIpc) is 3.40. The summed E-state index contributed by atoms with van der Waals surface area (Å²) in [5.74, 6) is 6.18. The minimum Gasteiger partial charge on any atom is -0.495 e. The van der Waals surface area contributed by atoms with Crippen LogP contribution in [0.5, 0.6) is 5.75 Å². The van der Waals surface area contributed by atoms with E-state index < -0.39 is 12.7 Å². The predicted octanol–water partition coefficient (Wildman–Crippen LogP) is 7.02. The lowest BCUT2D eigenvalue weighted by Crippen LogP contribution is -2.53. The largest absolute Gasteiger partial charge is 0.495 e. The van der Waals surface area contributed by atoms with Crippen molar-refractivity contribution >= 4 is 28.2 Å². The van der Waals surface area contributed by atoms with Gasteiger partial charge in [0.15, 0.2) is 0 Å². The van der Waals surface area contributed by atoms with Crippen molar-refractivity contribution in [3.05, 3.63) is 53.7 Å². The number of fused-ring (bicyclic) bond motifs is 1. The van der Waals surface area contributed by atoms with Crippen LogP contribution >= 0.6 is 0 Å². The Morgan fingerprint density at radius 1 is 1.07 bits per heavy atom. The number of rotatable bonds is 9. The van der Waals surface area contributed by atoms with Crippen molar-refractivity contribution in [2.24, 2.45) is 0 Å². The van der Waals surface area contributed by atoms with Gasteiger partial charge in [0.05, 0.1) is 30.6 Å². The molecule has 10 heteroatoms. The third kappa shape index (κ3) is 7.52. The number of carbonyl (C=O) groups is 1. The second-order valence-corrected chi connectivity index (χ2v) is 12.2. The molecule has 2 aliphatic rings. The van der Waals surface area contributed by atoms with Crippen molar-refractivity contribution in [3.63, 3.8) is 0 Å². The van der Waals surface area contributed by atoms with Crippen LogP contribution in [0.3, 0.4) is 0 Å². The molecule has 5 rings (SSSR count). The van der Waals surface area contributed by atoms with E-state index in [1.807, 2.05) is 12.1 Å². The minimum absolute atomic E-state index is 0.173. The molecule has 45 heavy (non-hydrogen) atoms. The van der Waals surface area contributed by atoms with E-state index in [0.717, 1.165) is 43.2 Å². The van der Waals surface area contributed by atoms with Gasteiger partial charge in [0.1, 0.15) is 12.3 Å². The number of amides is 1. The van der Waals surface area contributed by atoms with Crippen molar-refractivity contribution in [1.29, 1.82) is 0 Å². The molecule has 1 amide bonds. The number of nitrogens with zero attached hydrogens (tertiary/aromatic N) is 2. The van der Waals surface area contributed by atoms with E-state index in [1.165, 1.54) is 44.0 Å². The predicted molar refractivity (Wildman–Crippen MR) is 174 cm³/mol. The Hall–Kier alpha value is -3.84. The molecule has 0 radical (unpaired) electrons. The van der Waals surface area contributed by atoms with Gasteiger partial charge in [-0.15, -0.1) is 0 Å². The molecular weight excluding hydrogens is 579 g/mol. The SMILES string of the molecule is CC[C@]1(N2CCCCC2)CC[C@H](Nc2cccc3c2cc(C#CCNc2ccc(C(=O)NC)cc2OC)n3CC(F)(F)F)CC1. The summed E-state index contributed by atoms with van der Waals surface area (Å²) in [6.07, 6.45) is 4.98. The quantitative estimate of drug-likeness (QED) is 0.224. The van der Waals surface area contributed by atoms with Gasteiger partial charge in [-0.3, -0.25) is 9.69 Å². The Kier molecular flexibility index (Phi) is 10.2. The summed E-state index contributed by atoms with van der Waals surface area (Å²) in [4.78, 5) is 14.7. The van der Waals surface area contributed by atoms with Gasteiger partial charge in [-0.1, -0.05) is 25.3 Å². The number of alkyl halides is 3. The van der Waals surface area contributed by atoms with Crippen molar-refractivity contribution in [2.75, 3.05) is 44.4 Å². The highest BCUT2D eigenvalue weighted by atomic mass is 19.4. The van der Waals surface area contributed by atoms with Gasteiger partial charge in [0, 0.05) is 35.3 Å². The van der Waals surface area contributed by atoms with Crippen LogP contribution in [0.4, 0.5) is 24.5 Å². The number of ether oxygens (including phenoxy) is 1. The van der Waals surface area contributed by atoms with Crippen LogP contribution in [0, 0.1) is 11.8 Å². The first-order chi connectivity index (χ1) is 21.7. The number of hydrogen-bond donors (Lipinski definition) is 3. The molecule has 2 fully saturated rings. The summed E-state index contributed by atoms with van der Waals surface area (Å²) in [5, 5.41) is 10.2. The number of benzene rings is 2. The lowest BCUT2D eigenvalue weighted by molar-refractivity contribution is -0.140. The number of nitrogens with one attached hydrogen (secondary N) is 3. The molecule has 0 unspecified atom stereocenters. The summed E-state index contributed by atoms with van der Waals surface area (Å²) >= 11 is 0. The van der Waals surface area contributed by atoms with Crippen molar-refractivity contribution in [2.45, 2.75) is 82.6 Å². The molecule has 0 atom stereocenters. The zero-order valence-corrected chi connectivity index (χ0v) is 26.4. The molecule has 3 N–H and O–H groups in total. The Bertz CT molecular complexity index is 1540. The van der Waals surface area contributed by atoms with Crippen molar-refractivity contribution in [3.8, 4) is 17.6 Å². The first-order valence-corrected chi connectivity index (χ1v) is 16.0. The second kappa shape index (κ2) is 14.1. The number of carbonyl (C=O) groups excluding carboxylic acids is 1. The van der Waals surface area contributed by atoms with Crippen molar-refractivity contribution in [1.82, 2.24) is 14.8 Å². The average molecular weight is 624 g/mol. The number of hydrogen-bond acceptors (Lipinski definition) is 5. The molecule has 242 valence electrons. The molecule has 3 aromatic rings. The summed E-state index contributed by atoms with van der Waals surface area (Å²) < 4.78 is 47.8. The molecule has 7 nitrogen and oxygen atoms in total. The maximum absolute atomic E-state index is 13.7. The molecule has 2 aromatic carbocycles. The highest BCUT2D eigenvalue weighted by Crippen LogP contribution is 2.40. The standard InChI is InChI=1S/C35H44F3N5O2/c1-4-34(42-20-6-5-7-21-42)17-15-26(16-18-34)41-29-11-8-12-31-28(29)23-27(43(31)24-35(36,37)38)10-9-19-40-30-14-13-25(33(44)39-2)22-32(30)45-3/h8,11-14,22-23,26,40-41H,4-7,15-21,24H2,1-3H3,(H,39,44)/t26-,34-. The zero-order valence-electron chi connectivity index (χ0n) is 26.4. The van der Waals surface area contributed by atoms with E-state index in [4.69, 9.17) is 4.74 Å². The number of methoxy groups -OCH3 is 1. The molecule has 1 aliphatic carbocycles. The molecule has 1 aromatic heterocycles. The molecule has 1 aliphatic heterocycles. The lowest BCUT2D eigenvalue weighted by Gasteiger charge is -2.49. The van der Waals surface area contributed by atoms with E-state index >= 15 is 0 Å². The molecule has 1 saturated carbocycles. The van der Waals surface area contributed by atoms with E-state index in [-0.39, 0.29) is 24.0 Å². The topological polar surface area (TPSA) is 70.6 Å². The van der Waals surface area contributed by atoms with Crippen LogP contribution in [0.15, 0.2) is 42.5 Å². The van der Waals surface area contributed by atoms with E-state index in [2.05, 4.69) is 39.6 Å². The molecule has 1 saturated heterocycles. The van der Waals surface area contributed by atoms with Gasteiger partial charge in [0.25, 0.3) is 5.91 Å². The van der Waals surface area contributed by atoms with Crippen LogP contribution in [0.1, 0.15) is 74.3 Å². The van der Waals surface area contributed by atoms with Gasteiger partial charge in [-0.25, -0.2) is 0 Å². The van der Waals surface area contributed by atoms with Gasteiger partial charge >= 0.3 is 6.18 Å². The number of anilines is 2. The number of halogens is 3. The lowest BCUT2D eigenvalue weighted by atomic mass is 9.75. The number of likely N-dealkylation sites (tertiary alicyclic amines) is 1. The van der Waals surface area contributed by atoms with Crippen LogP contribution < -0.4 is 20.7 Å². The maximum atomic E-state index is 13.7. The van der Waals surface area contributed by atoms with Crippen LogP contribution in [0.2, 0.25) is 0 Å². The summed E-state index contributed by atoms with van der Waals surface area (Å²) in [7, 11) is 3.06. The fourth-order valence-electron chi connectivity index (χ4n) is 7.04. The zero-order chi connectivity index (χ0) is 32.0. The number of piperidine rings is 1. The van der Waals surface area contributed by atoms with Gasteiger partial charge < -0.3 is 25.3 Å². The molecule has 0 bridgehead atoms. The van der Waals surface area contributed by atoms with Gasteiger partial charge in [0.2, 0.25) is 0 Å². The minimum atomic E-state index is -4.40. The summed E-state index contributed by atoms with van der Waals surface area (Å²) in [5.41, 5.74) is 3.01. The maximum Gasteiger partial charge on any atom is 0.406 e. The fraction of sp³-hybridized carbons (Fsp3) is 0.514. The first kappa shape index (κ1) is 32.6. The monoisotopic (exact) mass is 623 g/mol. The Balaban J connectivity index is 1.33. The van der Waals surface area contributed by atoms with Crippen molar-refractivity contribution < 1.29 is 22.7 Å².